The monoisotopic (exact) mass is 258 g/mol. The second kappa shape index (κ2) is 19.1. The van der Waals surface area contributed by atoms with Gasteiger partial charge < -0.3 is 19.8 Å². The van der Waals surface area contributed by atoms with Crippen LogP contribution in [-0.2, 0) is 9.59 Å². The van der Waals surface area contributed by atoms with E-state index in [4.69, 9.17) is 23.2 Å². The first-order valence-electron chi connectivity index (χ1n) is 4.47. The predicted octanol–water partition coefficient (Wildman–Crippen LogP) is 0.494. The Morgan fingerprint density at radius 1 is 0.933 bits per heavy atom. The standard InChI is InChI=1S/2C4H8O2.CH2Cl2/c2*1-2-3-4(5)6;2-1-3/h2*2-3H2,1H3,(H,5,6);1H2/p-2. The van der Waals surface area contributed by atoms with Crippen LogP contribution in [0.1, 0.15) is 39.5 Å². The van der Waals surface area contributed by atoms with Gasteiger partial charge in [-0.05, 0) is 12.8 Å². The van der Waals surface area contributed by atoms with Crippen LogP contribution in [0.4, 0.5) is 0 Å². The molecular formula is C9H16Cl2O4-2. The molecule has 0 bridgehead atoms. The average molecular weight is 259 g/mol. The second-order valence-electron chi connectivity index (χ2n) is 2.35. The number of rotatable bonds is 4. The summed E-state index contributed by atoms with van der Waals surface area (Å²) in [6, 6.07) is 0. The summed E-state index contributed by atoms with van der Waals surface area (Å²) in [5.74, 6) is -1.92. The van der Waals surface area contributed by atoms with E-state index in [-0.39, 0.29) is 18.2 Å². The molecule has 0 rings (SSSR count). The lowest BCUT2D eigenvalue weighted by Gasteiger charge is -1.92. The molecule has 0 unspecified atom stereocenters. The van der Waals surface area contributed by atoms with Gasteiger partial charge in [0.15, 0.2) is 0 Å². The van der Waals surface area contributed by atoms with E-state index in [0.29, 0.717) is 12.8 Å². The molecule has 0 heterocycles. The fourth-order valence-corrected chi connectivity index (χ4v) is 0.408. The van der Waals surface area contributed by atoms with E-state index in [2.05, 4.69) is 0 Å². The summed E-state index contributed by atoms with van der Waals surface area (Å²) in [4.78, 5) is 19.0. The van der Waals surface area contributed by atoms with Crippen molar-refractivity contribution < 1.29 is 19.8 Å². The molecule has 0 aliphatic rings. The van der Waals surface area contributed by atoms with E-state index in [9.17, 15) is 19.8 Å². The van der Waals surface area contributed by atoms with Crippen LogP contribution in [0, 0.1) is 0 Å². The smallest absolute Gasteiger partial charge is 0.0967 e. The highest BCUT2D eigenvalue weighted by Crippen LogP contribution is 1.79. The molecule has 0 aromatic heterocycles. The maximum Gasteiger partial charge on any atom is 0.0967 e. The van der Waals surface area contributed by atoms with Gasteiger partial charge >= 0.3 is 0 Å². The third kappa shape index (κ3) is 58.9. The van der Waals surface area contributed by atoms with Crippen molar-refractivity contribution in [2.24, 2.45) is 0 Å². The molecule has 0 saturated carbocycles. The zero-order valence-corrected chi connectivity index (χ0v) is 10.4. The van der Waals surface area contributed by atoms with Gasteiger partial charge in [-0.3, -0.25) is 0 Å². The number of halogens is 2. The van der Waals surface area contributed by atoms with Crippen molar-refractivity contribution in [3.8, 4) is 0 Å². The lowest BCUT2D eigenvalue weighted by atomic mass is 10.4. The SMILES string of the molecule is CCCC(=O)[O-].CCCC(=O)[O-].ClCCl. The van der Waals surface area contributed by atoms with Crippen molar-refractivity contribution in [1.29, 1.82) is 0 Å². The zero-order valence-electron chi connectivity index (χ0n) is 8.92. The topological polar surface area (TPSA) is 80.3 Å². The van der Waals surface area contributed by atoms with Crippen LogP contribution >= 0.6 is 23.2 Å². The van der Waals surface area contributed by atoms with Crippen LogP contribution < -0.4 is 10.2 Å². The van der Waals surface area contributed by atoms with Gasteiger partial charge in [-0.25, -0.2) is 0 Å². The van der Waals surface area contributed by atoms with Gasteiger partial charge in [0.1, 0.15) is 0 Å². The van der Waals surface area contributed by atoms with Gasteiger partial charge in [0.05, 0.1) is 5.34 Å². The molecule has 0 aliphatic heterocycles. The van der Waals surface area contributed by atoms with E-state index in [1.807, 2.05) is 0 Å². The molecular weight excluding hydrogens is 243 g/mol. The fourth-order valence-electron chi connectivity index (χ4n) is 0.408. The third-order valence-corrected chi connectivity index (χ3v) is 0.908. The van der Waals surface area contributed by atoms with E-state index in [0.717, 1.165) is 0 Å². The Hall–Kier alpha value is -0.480. The maximum absolute atomic E-state index is 9.49. The van der Waals surface area contributed by atoms with Crippen molar-refractivity contribution in [1.82, 2.24) is 0 Å². The number of hydrogen-bond donors (Lipinski definition) is 0. The molecule has 0 spiro atoms. The van der Waals surface area contributed by atoms with Crippen LogP contribution in [0.25, 0.3) is 0 Å². The van der Waals surface area contributed by atoms with Gasteiger partial charge in [-0.1, -0.05) is 26.7 Å². The molecule has 0 N–H and O–H groups in total. The van der Waals surface area contributed by atoms with E-state index in [1.54, 1.807) is 13.8 Å². The average Bonchev–Trinajstić information content (AvgIpc) is 2.05. The number of hydrogen-bond acceptors (Lipinski definition) is 4. The van der Waals surface area contributed by atoms with E-state index < -0.39 is 11.9 Å². The highest BCUT2D eigenvalue weighted by Gasteiger charge is 1.75. The lowest BCUT2D eigenvalue weighted by Crippen LogP contribution is -2.20. The number of aliphatic carboxylic acids is 2. The molecule has 0 aliphatic carbocycles. The molecule has 0 saturated heterocycles. The number of carboxylic acids is 2. The maximum atomic E-state index is 9.49. The highest BCUT2D eigenvalue weighted by atomic mass is 35.5. The Morgan fingerprint density at radius 2 is 1.13 bits per heavy atom. The number of carbonyl (C=O) groups is 2. The summed E-state index contributed by atoms with van der Waals surface area (Å²) in [6.07, 6.45) is 1.70. The Labute approximate surface area is 100 Å². The largest absolute Gasteiger partial charge is 0.550 e. The molecule has 0 amide bonds. The van der Waals surface area contributed by atoms with Gasteiger partial charge in [0, 0.05) is 11.9 Å². The van der Waals surface area contributed by atoms with Crippen molar-refractivity contribution in [3.05, 3.63) is 0 Å². The van der Waals surface area contributed by atoms with Crippen LogP contribution in [0.2, 0.25) is 0 Å². The summed E-state index contributed by atoms with van der Waals surface area (Å²) in [7, 11) is 0. The second-order valence-corrected chi connectivity index (χ2v) is 3.15. The van der Waals surface area contributed by atoms with Crippen LogP contribution in [0.5, 0.6) is 0 Å². The first-order chi connectivity index (χ1) is 6.95. The Bertz CT molecular complexity index is 135. The minimum absolute atomic E-state index is 0.181. The van der Waals surface area contributed by atoms with E-state index >= 15 is 0 Å². The Kier molecular flexibility index (Phi) is 25.5. The molecule has 6 heteroatoms. The predicted molar refractivity (Wildman–Crippen MR) is 56.4 cm³/mol. The normalized spacial score (nSPS) is 7.73. The highest BCUT2D eigenvalue weighted by molar-refractivity contribution is 6.40. The number of carboxylic acid groups (broad SMARTS) is 2. The summed E-state index contributed by atoms with van der Waals surface area (Å²) in [5.41, 5.74) is 0. The van der Waals surface area contributed by atoms with Crippen LogP contribution in [0.3, 0.4) is 0 Å². The molecule has 92 valence electrons. The molecule has 0 radical (unpaired) electrons. The Morgan fingerprint density at radius 3 is 1.13 bits per heavy atom. The molecule has 0 aromatic rings. The minimum atomic E-state index is -0.961. The van der Waals surface area contributed by atoms with Crippen LogP contribution in [0.15, 0.2) is 0 Å². The summed E-state index contributed by atoms with van der Waals surface area (Å²) in [5, 5.41) is 19.2. The van der Waals surface area contributed by atoms with Crippen molar-refractivity contribution >= 4 is 35.1 Å². The number of alkyl halides is 2. The first-order valence-corrected chi connectivity index (χ1v) is 5.54. The van der Waals surface area contributed by atoms with Crippen LogP contribution in [-0.4, -0.2) is 17.3 Å². The van der Waals surface area contributed by atoms with Gasteiger partial charge in [0.2, 0.25) is 0 Å². The minimum Gasteiger partial charge on any atom is -0.550 e. The lowest BCUT2D eigenvalue weighted by molar-refractivity contribution is -0.307. The molecule has 0 atom stereocenters. The third-order valence-electron chi connectivity index (χ3n) is 0.908. The Balaban J connectivity index is -0.000000153. The molecule has 0 aromatic carbocycles. The number of carbonyl (C=O) groups excluding carboxylic acids is 2. The summed E-state index contributed by atoms with van der Waals surface area (Å²) in [6.45, 7) is 3.60. The van der Waals surface area contributed by atoms with Gasteiger partial charge in [-0.2, -0.15) is 0 Å². The first kappa shape index (κ1) is 20.0. The quantitative estimate of drug-likeness (QED) is 0.688. The van der Waals surface area contributed by atoms with Crippen molar-refractivity contribution in [3.63, 3.8) is 0 Å². The van der Waals surface area contributed by atoms with Gasteiger partial charge in [0.25, 0.3) is 0 Å². The molecule has 4 nitrogen and oxygen atoms in total. The fraction of sp³-hybridized carbons (Fsp3) is 0.778. The molecule has 0 fully saturated rings. The zero-order chi connectivity index (χ0) is 12.7. The molecule has 15 heavy (non-hydrogen) atoms. The summed E-state index contributed by atoms with van der Waals surface area (Å²) < 4.78 is 0. The summed E-state index contributed by atoms with van der Waals surface area (Å²) >= 11 is 9.53. The van der Waals surface area contributed by atoms with Crippen molar-refractivity contribution in [2.45, 2.75) is 39.5 Å². The van der Waals surface area contributed by atoms with Crippen molar-refractivity contribution in [2.75, 3.05) is 5.34 Å². The van der Waals surface area contributed by atoms with E-state index in [1.165, 1.54) is 0 Å². The van der Waals surface area contributed by atoms with Gasteiger partial charge in [-0.15, -0.1) is 23.2 Å².